The number of anilines is 3. The lowest BCUT2D eigenvalue weighted by molar-refractivity contribution is 0.487. The molecule has 0 radical (unpaired) electrons. The fourth-order valence-electron chi connectivity index (χ4n) is 9.98. The van der Waals surface area contributed by atoms with Crippen molar-refractivity contribution in [1.29, 1.82) is 0 Å². The average Bonchev–Trinajstić information content (AvgIpc) is 3.63. The first-order valence-corrected chi connectivity index (χ1v) is 20.9. The molecule has 3 nitrogen and oxygen atoms in total. The van der Waals surface area contributed by atoms with Gasteiger partial charge in [0.05, 0.1) is 5.41 Å². The van der Waals surface area contributed by atoms with Crippen molar-refractivity contribution >= 4 is 27.8 Å². The van der Waals surface area contributed by atoms with E-state index in [1.54, 1.807) is 0 Å². The van der Waals surface area contributed by atoms with Crippen LogP contribution in [0.5, 0.6) is 11.5 Å². The maximum Gasteiger partial charge on any atom is 0.135 e. The first-order chi connectivity index (χ1) is 30.3. The molecule has 61 heavy (non-hydrogen) atoms. The lowest BCUT2D eigenvalue weighted by Gasteiger charge is -2.35. The van der Waals surface area contributed by atoms with E-state index < -0.39 is 5.41 Å². The van der Waals surface area contributed by atoms with E-state index in [1.165, 1.54) is 49.9 Å². The highest BCUT2D eigenvalue weighted by Crippen LogP contribution is 2.57. The number of aromatic nitrogens is 1. The van der Waals surface area contributed by atoms with Crippen LogP contribution in [-0.2, 0) is 5.41 Å². The van der Waals surface area contributed by atoms with Crippen molar-refractivity contribution in [3.05, 3.63) is 253 Å². The molecular weight excluding hydrogens is 741 g/mol. The van der Waals surface area contributed by atoms with E-state index in [-0.39, 0.29) is 0 Å². The molecule has 10 aromatic rings. The van der Waals surface area contributed by atoms with Gasteiger partial charge in [-0.1, -0.05) is 164 Å². The lowest BCUT2D eigenvalue weighted by atomic mass is 9.67. The number of benzene rings is 9. The minimum Gasteiger partial charge on any atom is -0.456 e. The van der Waals surface area contributed by atoms with Crippen molar-refractivity contribution in [2.45, 2.75) is 5.41 Å². The van der Waals surface area contributed by atoms with Gasteiger partial charge in [0.2, 0.25) is 0 Å². The van der Waals surface area contributed by atoms with Gasteiger partial charge in [0.1, 0.15) is 11.5 Å². The third kappa shape index (κ3) is 5.48. The van der Waals surface area contributed by atoms with Gasteiger partial charge in [-0.15, -0.1) is 0 Å². The van der Waals surface area contributed by atoms with Crippen molar-refractivity contribution in [1.82, 2.24) is 4.98 Å². The minimum absolute atomic E-state index is 0.511. The summed E-state index contributed by atoms with van der Waals surface area (Å²) in [5.74, 6) is 1.79. The predicted molar refractivity (Wildman–Crippen MR) is 250 cm³/mol. The fraction of sp³-hybridized carbons (Fsp3) is 0.0172. The molecule has 1 aromatic heterocycles. The summed E-state index contributed by atoms with van der Waals surface area (Å²) >= 11 is 0. The number of para-hydroxylation sites is 1. The Bertz CT molecular complexity index is 3210. The van der Waals surface area contributed by atoms with Crippen LogP contribution in [0, 0.1) is 0 Å². The summed E-state index contributed by atoms with van der Waals surface area (Å²) < 4.78 is 6.44. The third-order valence-corrected chi connectivity index (χ3v) is 12.7. The number of pyridine rings is 1. The number of ether oxygens (including phenoxy) is 1. The minimum atomic E-state index is -0.511. The molecule has 0 spiro atoms. The Labute approximate surface area is 355 Å². The van der Waals surface area contributed by atoms with Gasteiger partial charge in [0.15, 0.2) is 0 Å². The fourth-order valence-corrected chi connectivity index (χ4v) is 9.98. The van der Waals surface area contributed by atoms with E-state index in [0.29, 0.717) is 0 Å². The molecule has 2 heterocycles. The van der Waals surface area contributed by atoms with Crippen LogP contribution in [0.4, 0.5) is 17.1 Å². The van der Waals surface area contributed by atoms with Crippen LogP contribution in [0.2, 0.25) is 0 Å². The number of hydrogen-bond donors (Lipinski definition) is 0. The summed E-state index contributed by atoms with van der Waals surface area (Å²) in [6.07, 6.45) is 3.74. The van der Waals surface area contributed by atoms with Crippen molar-refractivity contribution in [2.75, 3.05) is 4.90 Å². The molecule has 0 saturated heterocycles. The Morgan fingerprint density at radius 3 is 1.70 bits per heavy atom. The quantitative estimate of drug-likeness (QED) is 0.161. The molecule has 0 unspecified atom stereocenters. The first kappa shape index (κ1) is 35.0. The van der Waals surface area contributed by atoms with Crippen LogP contribution in [0.1, 0.15) is 22.3 Å². The largest absolute Gasteiger partial charge is 0.456 e. The van der Waals surface area contributed by atoms with Gasteiger partial charge in [-0.2, -0.15) is 0 Å². The van der Waals surface area contributed by atoms with Crippen molar-refractivity contribution in [3.8, 4) is 56.0 Å². The zero-order valence-corrected chi connectivity index (χ0v) is 33.2. The van der Waals surface area contributed by atoms with Crippen LogP contribution in [0.25, 0.3) is 55.3 Å². The second kappa shape index (κ2) is 14.1. The zero-order chi connectivity index (χ0) is 40.3. The number of rotatable bonds is 7. The summed E-state index contributed by atoms with van der Waals surface area (Å²) in [6, 6.07) is 79.2. The maximum atomic E-state index is 6.44. The van der Waals surface area contributed by atoms with Gasteiger partial charge in [-0.3, -0.25) is 4.98 Å². The molecule has 9 aromatic carbocycles. The highest BCUT2D eigenvalue weighted by molar-refractivity contribution is 6.10. The Morgan fingerprint density at radius 2 is 0.984 bits per heavy atom. The second-order valence-corrected chi connectivity index (χ2v) is 15.9. The average molecular weight is 779 g/mol. The number of fused-ring (bicyclic) bond motifs is 5. The smallest absolute Gasteiger partial charge is 0.135 e. The lowest BCUT2D eigenvalue weighted by Crippen LogP contribution is -2.28. The van der Waals surface area contributed by atoms with Crippen LogP contribution in [0.3, 0.4) is 0 Å². The molecule has 0 saturated carbocycles. The standard InChI is InChI=1S/C58H38N2O/c1-3-14-42(15-4-1)58(43-16-5-2-6-17-43)53-22-9-7-18-48(53)49-33-32-46(37-54(49)58)60(44-28-24-39(25-29-44)41-13-12-36-59-38-41)45-30-26-40(27-31-45)47-34-35-56-57-51(47)20-11-21-52(57)50-19-8-10-23-55(50)61-56/h1-38H. The van der Waals surface area contributed by atoms with Gasteiger partial charge in [-0.05, 0) is 121 Å². The van der Waals surface area contributed by atoms with E-state index in [0.717, 1.165) is 56.2 Å². The monoisotopic (exact) mass is 778 g/mol. The predicted octanol–water partition coefficient (Wildman–Crippen LogP) is 15.2. The van der Waals surface area contributed by atoms with Crippen molar-refractivity contribution < 1.29 is 4.74 Å². The van der Waals surface area contributed by atoms with Crippen molar-refractivity contribution in [3.63, 3.8) is 0 Å². The molecule has 2 aliphatic rings. The SMILES string of the molecule is c1ccc(C2(c3ccccc3)c3ccccc3-c3ccc(N(c4ccc(-c5cccnc5)cc4)c4ccc(-c5ccc6c7c(cccc57)-c5ccccc5O6)cc4)cc32)cc1. The second-order valence-electron chi connectivity index (χ2n) is 15.9. The van der Waals surface area contributed by atoms with Crippen molar-refractivity contribution in [2.24, 2.45) is 0 Å². The van der Waals surface area contributed by atoms with E-state index in [9.17, 15) is 0 Å². The van der Waals surface area contributed by atoms with Gasteiger partial charge in [-0.25, -0.2) is 0 Å². The Kier molecular flexibility index (Phi) is 8.07. The first-order valence-electron chi connectivity index (χ1n) is 20.9. The number of nitrogens with zero attached hydrogens (tertiary/aromatic N) is 2. The Balaban J connectivity index is 1.03. The molecule has 286 valence electrons. The van der Waals surface area contributed by atoms with Crippen LogP contribution >= 0.6 is 0 Å². The Hall–Kier alpha value is -8.01. The van der Waals surface area contributed by atoms with Gasteiger partial charge >= 0.3 is 0 Å². The molecule has 0 N–H and O–H groups in total. The summed E-state index contributed by atoms with van der Waals surface area (Å²) in [5, 5.41) is 2.33. The van der Waals surface area contributed by atoms with E-state index in [2.05, 4.69) is 210 Å². The highest BCUT2D eigenvalue weighted by Gasteiger charge is 2.46. The van der Waals surface area contributed by atoms with Crippen LogP contribution in [0.15, 0.2) is 231 Å². The summed E-state index contributed by atoms with van der Waals surface area (Å²) in [4.78, 5) is 6.78. The van der Waals surface area contributed by atoms with Gasteiger partial charge < -0.3 is 9.64 Å². The normalized spacial score (nSPS) is 12.9. The molecule has 3 heteroatoms. The molecule has 0 atom stereocenters. The molecule has 12 rings (SSSR count). The van der Waals surface area contributed by atoms with Crippen LogP contribution < -0.4 is 9.64 Å². The third-order valence-electron chi connectivity index (χ3n) is 12.7. The molecule has 1 aliphatic carbocycles. The topological polar surface area (TPSA) is 25.4 Å². The summed E-state index contributed by atoms with van der Waals surface area (Å²) in [6.45, 7) is 0. The van der Waals surface area contributed by atoms with Gasteiger partial charge in [0, 0.05) is 40.4 Å². The Morgan fingerprint density at radius 1 is 0.377 bits per heavy atom. The summed E-state index contributed by atoms with van der Waals surface area (Å²) in [5.41, 5.74) is 17.2. The van der Waals surface area contributed by atoms with E-state index in [1.807, 2.05) is 30.6 Å². The molecule has 1 aliphatic heterocycles. The molecular formula is C58H38N2O. The highest BCUT2D eigenvalue weighted by atomic mass is 16.5. The molecule has 0 amide bonds. The summed E-state index contributed by atoms with van der Waals surface area (Å²) in [7, 11) is 0. The molecule has 0 fully saturated rings. The maximum absolute atomic E-state index is 6.44. The zero-order valence-electron chi connectivity index (χ0n) is 33.2. The van der Waals surface area contributed by atoms with Gasteiger partial charge in [0.25, 0.3) is 0 Å². The van der Waals surface area contributed by atoms with Crippen LogP contribution in [-0.4, -0.2) is 4.98 Å². The number of hydrogen-bond acceptors (Lipinski definition) is 3. The van der Waals surface area contributed by atoms with E-state index in [4.69, 9.17) is 4.74 Å². The van der Waals surface area contributed by atoms with E-state index >= 15 is 0 Å². The molecule has 0 bridgehead atoms.